The molecule has 1 atom stereocenters. The number of pyridine rings is 1. The summed E-state index contributed by atoms with van der Waals surface area (Å²) in [4.78, 5) is 0. The summed E-state index contributed by atoms with van der Waals surface area (Å²) in [5.74, 6) is 0.809. The summed E-state index contributed by atoms with van der Waals surface area (Å²) in [5.41, 5.74) is 6.74. The van der Waals surface area contributed by atoms with Crippen LogP contribution in [0.2, 0.25) is 0 Å². The highest BCUT2D eigenvalue weighted by molar-refractivity contribution is 9.10. The zero-order valence-corrected chi connectivity index (χ0v) is 9.40. The van der Waals surface area contributed by atoms with Gasteiger partial charge < -0.3 is 5.73 Å². The number of hydrogen-bond donors (Lipinski definition) is 1. The van der Waals surface area contributed by atoms with E-state index in [1.54, 1.807) is 0 Å². The van der Waals surface area contributed by atoms with Crippen LogP contribution in [-0.4, -0.2) is 14.6 Å². The molecule has 0 bridgehead atoms. The molecule has 0 saturated carbocycles. The second kappa shape index (κ2) is 3.67. The van der Waals surface area contributed by atoms with E-state index in [0.717, 1.165) is 22.4 Å². The van der Waals surface area contributed by atoms with Gasteiger partial charge in [-0.05, 0) is 34.5 Å². The molecular formula is C9H11BrN4. The summed E-state index contributed by atoms with van der Waals surface area (Å²) in [6.45, 7) is 2.03. The van der Waals surface area contributed by atoms with Crippen LogP contribution >= 0.6 is 15.9 Å². The lowest BCUT2D eigenvalue weighted by Gasteiger charge is -2.05. The Labute approximate surface area is 90.3 Å². The Balaban J connectivity index is 2.61. The van der Waals surface area contributed by atoms with Crippen LogP contribution in [-0.2, 0) is 0 Å². The van der Waals surface area contributed by atoms with Gasteiger partial charge in [0, 0.05) is 10.7 Å². The molecular weight excluding hydrogens is 244 g/mol. The Morgan fingerprint density at radius 2 is 2.29 bits per heavy atom. The molecule has 2 aromatic heterocycles. The SMILES string of the molecule is CCC(N)c1nnc2ccc(Br)cn12. The third-order valence-electron chi connectivity index (χ3n) is 2.16. The maximum atomic E-state index is 5.92. The molecule has 2 N–H and O–H groups in total. The van der Waals surface area contributed by atoms with Gasteiger partial charge in [0.15, 0.2) is 11.5 Å². The zero-order chi connectivity index (χ0) is 10.1. The van der Waals surface area contributed by atoms with Gasteiger partial charge in [-0.1, -0.05) is 6.92 Å². The summed E-state index contributed by atoms with van der Waals surface area (Å²) in [6.07, 6.45) is 2.79. The lowest BCUT2D eigenvalue weighted by molar-refractivity contribution is 0.640. The van der Waals surface area contributed by atoms with Gasteiger partial charge in [-0.15, -0.1) is 10.2 Å². The molecule has 74 valence electrons. The first-order chi connectivity index (χ1) is 6.72. The lowest BCUT2D eigenvalue weighted by atomic mass is 10.2. The molecule has 0 aliphatic carbocycles. The highest BCUT2D eigenvalue weighted by atomic mass is 79.9. The predicted octanol–water partition coefficient (Wildman–Crippen LogP) is 1.90. The Morgan fingerprint density at radius 1 is 1.50 bits per heavy atom. The minimum absolute atomic E-state index is 0.0562. The molecule has 0 amide bonds. The molecule has 5 heteroatoms. The molecule has 0 aromatic carbocycles. The summed E-state index contributed by atoms with van der Waals surface area (Å²) in [7, 11) is 0. The van der Waals surface area contributed by atoms with Gasteiger partial charge in [0.05, 0.1) is 6.04 Å². The van der Waals surface area contributed by atoms with Crippen LogP contribution in [0.1, 0.15) is 25.2 Å². The van der Waals surface area contributed by atoms with Crippen molar-refractivity contribution < 1.29 is 0 Å². The number of fused-ring (bicyclic) bond motifs is 1. The van der Waals surface area contributed by atoms with Crippen molar-refractivity contribution in [3.05, 3.63) is 28.6 Å². The van der Waals surface area contributed by atoms with Crippen LogP contribution < -0.4 is 5.73 Å². The fourth-order valence-electron chi connectivity index (χ4n) is 1.32. The van der Waals surface area contributed by atoms with Gasteiger partial charge in [0.2, 0.25) is 0 Å². The minimum atomic E-state index is -0.0562. The molecule has 0 spiro atoms. The quantitative estimate of drug-likeness (QED) is 0.891. The van der Waals surface area contributed by atoms with Crippen LogP contribution in [0.25, 0.3) is 5.65 Å². The summed E-state index contributed by atoms with van der Waals surface area (Å²) in [5, 5.41) is 8.12. The average molecular weight is 255 g/mol. The molecule has 0 radical (unpaired) electrons. The molecule has 1 unspecified atom stereocenters. The van der Waals surface area contributed by atoms with Crippen molar-refractivity contribution in [2.75, 3.05) is 0 Å². The molecule has 0 aliphatic heterocycles. The highest BCUT2D eigenvalue weighted by Gasteiger charge is 2.11. The van der Waals surface area contributed by atoms with E-state index in [1.165, 1.54) is 0 Å². The molecule has 0 aliphatic rings. The molecule has 2 aromatic rings. The first kappa shape index (κ1) is 9.61. The first-order valence-corrected chi connectivity index (χ1v) is 5.27. The monoisotopic (exact) mass is 254 g/mol. The van der Waals surface area contributed by atoms with Crippen molar-refractivity contribution in [2.24, 2.45) is 5.73 Å². The Morgan fingerprint density at radius 3 is 3.00 bits per heavy atom. The number of nitrogens with zero attached hydrogens (tertiary/aromatic N) is 3. The zero-order valence-electron chi connectivity index (χ0n) is 7.81. The average Bonchev–Trinajstić information content (AvgIpc) is 2.59. The fourth-order valence-corrected chi connectivity index (χ4v) is 1.65. The number of rotatable bonds is 2. The van der Waals surface area contributed by atoms with E-state index in [0.29, 0.717) is 0 Å². The Kier molecular flexibility index (Phi) is 2.52. The summed E-state index contributed by atoms with van der Waals surface area (Å²) >= 11 is 3.41. The van der Waals surface area contributed by atoms with E-state index in [4.69, 9.17) is 5.73 Å². The smallest absolute Gasteiger partial charge is 0.160 e. The number of halogens is 1. The Bertz CT molecular complexity index is 451. The van der Waals surface area contributed by atoms with Crippen molar-refractivity contribution in [3.63, 3.8) is 0 Å². The molecule has 2 heterocycles. The van der Waals surface area contributed by atoms with Gasteiger partial charge in [0.25, 0.3) is 0 Å². The van der Waals surface area contributed by atoms with Crippen molar-refractivity contribution in [2.45, 2.75) is 19.4 Å². The largest absolute Gasteiger partial charge is 0.321 e. The van der Waals surface area contributed by atoms with E-state index in [-0.39, 0.29) is 6.04 Å². The Hall–Kier alpha value is -0.940. The molecule has 0 saturated heterocycles. The van der Waals surface area contributed by atoms with Gasteiger partial charge >= 0.3 is 0 Å². The summed E-state index contributed by atoms with van der Waals surface area (Å²) < 4.78 is 2.91. The van der Waals surface area contributed by atoms with Crippen molar-refractivity contribution in [1.82, 2.24) is 14.6 Å². The molecule has 0 fully saturated rings. The van der Waals surface area contributed by atoms with E-state index in [1.807, 2.05) is 29.7 Å². The van der Waals surface area contributed by atoms with Gasteiger partial charge in [-0.2, -0.15) is 0 Å². The standard InChI is InChI=1S/C9H11BrN4/c1-2-7(11)9-13-12-8-4-3-6(10)5-14(8)9/h3-5,7H,2,11H2,1H3. The van der Waals surface area contributed by atoms with E-state index in [9.17, 15) is 0 Å². The topological polar surface area (TPSA) is 56.2 Å². The summed E-state index contributed by atoms with van der Waals surface area (Å²) in [6, 6.07) is 3.79. The molecule has 4 nitrogen and oxygen atoms in total. The second-order valence-electron chi connectivity index (χ2n) is 3.15. The molecule has 2 rings (SSSR count). The van der Waals surface area contributed by atoms with Crippen molar-refractivity contribution >= 4 is 21.6 Å². The first-order valence-electron chi connectivity index (χ1n) is 4.48. The van der Waals surface area contributed by atoms with Gasteiger partial charge in [-0.3, -0.25) is 4.40 Å². The maximum Gasteiger partial charge on any atom is 0.160 e. The molecule has 14 heavy (non-hydrogen) atoms. The van der Waals surface area contributed by atoms with E-state index >= 15 is 0 Å². The van der Waals surface area contributed by atoms with Crippen molar-refractivity contribution in [1.29, 1.82) is 0 Å². The number of nitrogens with two attached hydrogens (primary N) is 1. The number of hydrogen-bond acceptors (Lipinski definition) is 3. The van der Waals surface area contributed by atoms with Crippen LogP contribution in [0.5, 0.6) is 0 Å². The van der Waals surface area contributed by atoms with Crippen LogP contribution in [0.15, 0.2) is 22.8 Å². The lowest BCUT2D eigenvalue weighted by Crippen LogP contribution is -2.12. The highest BCUT2D eigenvalue weighted by Crippen LogP contribution is 2.16. The van der Waals surface area contributed by atoms with Crippen LogP contribution in [0.4, 0.5) is 0 Å². The third-order valence-corrected chi connectivity index (χ3v) is 2.63. The van der Waals surface area contributed by atoms with Crippen molar-refractivity contribution in [3.8, 4) is 0 Å². The van der Waals surface area contributed by atoms with Crippen LogP contribution in [0, 0.1) is 0 Å². The van der Waals surface area contributed by atoms with Gasteiger partial charge in [0.1, 0.15) is 0 Å². The fraction of sp³-hybridized carbons (Fsp3) is 0.333. The minimum Gasteiger partial charge on any atom is -0.321 e. The normalized spacial score (nSPS) is 13.4. The second-order valence-corrected chi connectivity index (χ2v) is 4.06. The predicted molar refractivity (Wildman–Crippen MR) is 57.9 cm³/mol. The van der Waals surface area contributed by atoms with Crippen LogP contribution in [0.3, 0.4) is 0 Å². The van der Waals surface area contributed by atoms with E-state index in [2.05, 4.69) is 26.1 Å². The maximum absolute atomic E-state index is 5.92. The number of aromatic nitrogens is 3. The van der Waals surface area contributed by atoms with Gasteiger partial charge in [-0.25, -0.2) is 0 Å². The third kappa shape index (κ3) is 1.53. The van der Waals surface area contributed by atoms with E-state index < -0.39 is 0 Å².